The SMILES string of the molecule is O=P([O-])([O-])[O-].Oc1ccccc1O.Oc1ccccc1O.Oc1ccccc1O.[K+].[K+].[K+]. The van der Waals surface area contributed by atoms with E-state index in [-0.39, 0.29) is 189 Å². The van der Waals surface area contributed by atoms with Crippen LogP contribution in [0.25, 0.3) is 0 Å². The van der Waals surface area contributed by atoms with Gasteiger partial charge in [0.05, 0.1) is 0 Å². The van der Waals surface area contributed by atoms with Crippen molar-refractivity contribution < 1.29 is 204 Å². The van der Waals surface area contributed by atoms with Gasteiger partial charge in [0.15, 0.2) is 34.5 Å². The first-order chi connectivity index (χ1) is 13.4. The minimum absolute atomic E-state index is 0. The van der Waals surface area contributed by atoms with Crippen LogP contribution in [0.5, 0.6) is 34.5 Å². The van der Waals surface area contributed by atoms with Crippen LogP contribution in [0.3, 0.4) is 0 Å². The molecule has 3 aromatic carbocycles. The molecule has 0 atom stereocenters. The number of hydrogen-bond donors (Lipinski definition) is 6. The summed E-state index contributed by atoms with van der Waals surface area (Å²) in [6.07, 6.45) is 0. The maximum Gasteiger partial charge on any atom is 1.00 e. The number of para-hydroxylation sites is 6. The van der Waals surface area contributed by atoms with Gasteiger partial charge in [-0.3, -0.25) is 0 Å². The molecule has 6 N–H and O–H groups in total. The van der Waals surface area contributed by atoms with Gasteiger partial charge in [-0.15, -0.1) is 0 Å². The summed E-state index contributed by atoms with van der Waals surface area (Å²) in [6, 6.07) is 18.4. The molecule has 0 amide bonds. The molecule has 158 valence electrons. The van der Waals surface area contributed by atoms with Crippen LogP contribution in [0.15, 0.2) is 72.8 Å². The summed E-state index contributed by atoms with van der Waals surface area (Å²) in [6.45, 7) is 0. The summed E-state index contributed by atoms with van der Waals surface area (Å²) in [5, 5.41) is 52.0. The van der Waals surface area contributed by atoms with E-state index in [0.29, 0.717) is 0 Å². The van der Waals surface area contributed by atoms with Gasteiger partial charge in [0, 0.05) is 0 Å². The Kier molecular flexibility index (Phi) is 29.1. The standard InChI is InChI=1S/3C6H6O2.3K.H3O4P/c3*7-5-3-1-2-4-6(5)8;;;;1-5(2,3)4/h3*1-4,7-8H;;;;(H3,1,2,3,4)/q;;;3*+1;/p-3. The van der Waals surface area contributed by atoms with E-state index in [9.17, 15) is 0 Å². The van der Waals surface area contributed by atoms with Crippen molar-refractivity contribution in [3.05, 3.63) is 72.8 Å². The molecule has 3 aromatic rings. The van der Waals surface area contributed by atoms with Crippen LogP contribution in [0.4, 0.5) is 0 Å². The molecule has 10 nitrogen and oxygen atoms in total. The van der Waals surface area contributed by atoms with Crippen molar-refractivity contribution >= 4 is 7.82 Å². The molecule has 0 heterocycles. The van der Waals surface area contributed by atoms with E-state index < -0.39 is 7.82 Å². The molecule has 0 fully saturated rings. The van der Waals surface area contributed by atoms with Crippen molar-refractivity contribution in [2.75, 3.05) is 0 Å². The fourth-order valence-corrected chi connectivity index (χ4v) is 1.39. The molecular formula is C18H18K3O10P. The van der Waals surface area contributed by atoms with Crippen LogP contribution in [0.1, 0.15) is 0 Å². The van der Waals surface area contributed by atoms with Crippen molar-refractivity contribution in [1.29, 1.82) is 0 Å². The molecule has 0 bridgehead atoms. The van der Waals surface area contributed by atoms with Gasteiger partial charge in [0.25, 0.3) is 0 Å². The number of benzene rings is 3. The predicted molar refractivity (Wildman–Crippen MR) is 96.9 cm³/mol. The zero-order chi connectivity index (χ0) is 22.4. The number of aromatic hydroxyl groups is 6. The van der Waals surface area contributed by atoms with Gasteiger partial charge in [-0.2, -0.15) is 7.82 Å². The van der Waals surface area contributed by atoms with Crippen LogP contribution >= 0.6 is 7.82 Å². The molecule has 0 aliphatic rings. The Bertz CT molecular complexity index is 750. The average molecular weight is 543 g/mol. The van der Waals surface area contributed by atoms with Crippen molar-refractivity contribution in [1.82, 2.24) is 0 Å². The van der Waals surface area contributed by atoms with Crippen LogP contribution < -0.4 is 169 Å². The average Bonchev–Trinajstić information content (AvgIpc) is 2.62. The summed E-state index contributed by atoms with van der Waals surface area (Å²) in [7, 11) is -5.39. The van der Waals surface area contributed by atoms with Crippen molar-refractivity contribution in [2.24, 2.45) is 0 Å². The molecule has 32 heavy (non-hydrogen) atoms. The molecular weight excluding hydrogens is 524 g/mol. The van der Waals surface area contributed by atoms with E-state index in [4.69, 9.17) is 49.9 Å². The van der Waals surface area contributed by atoms with Gasteiger partial charge in [0.2, 0.25) is 0 Å². The van der Waals surface area contributed by atoms with Crippen LogP contribution in [0, 0.1) is 0 Å². The van der Waals surface area contributed by atoms with Crippen LogP contribution in [-0.4, -0.2) is 30.6 Å². The molecule has 0 aromatic heterocycles. The second-order valence-corrected chi connectivity index (χ2v) is 5.81. The number of phosphoric acid groups is 1. The Morgan fingerprint density at radius 2 is 0.531 bits per heavy atom. The summed E-state index contributed by atoms with van der Waals surface area (Å²) < 4.78 is 8.55. The van der Waals surface area contributed by atoms with Gasteiger partial charge < -0.3 is 49.9 Å². The fraction of sp³-hybridized carbons (Fsp3) is 0. The number of rotatable bonds is 0. The molecule has 0 aliphatic carbocycles. The fourth-order valence-electron chi connectivity index (χ4n) is 1.39. The van der Waals surface area contributed by atoms with Crippen LogP contribution in [0.2, 0.25) is 0 Å². The second-order valence-electron chi connectivity index (χ2n) is 4.91. The van der Waals surface area contributed by atoms with Crippen molar-refractivity contribution in [3.63, 3.8) is 0 Å². The minimum atomic E-state index is -5.39. The first-order valence-corrected chi connectivity index (χ1v) is 9.01. The summed E-state index contributed by atoms with van der Waals surface area (Å²) in [5.74, 6) is -0.458. The quantitative estimate of drug-likeness (QED) is 0.0898. The van der Waals surface area contributed by atoms with Gasteiger partial charge >= 0.3 is 154 Å². The normalized spacial score (nSPS) is 8.59. The summed E-state index contributed by atoms with van der Waals surface area (Å²) >= 11 is 0. The zero-order valence-corrected chi connectivity index (χ0v) is 28.0. The van der Waals surface area contributed by atoms with E-state index in [1.807, 2.05) is 0 Å². The summed E-state index contributed by atoms with van der Waals surface area (Å²) in [4.78, 5) is 25.6. The molecule has 0 unspecified atom stereocenters. The largest absolute Gasteiger partial charge is 1.00 e. The Labute approximate surface area is 312 Å². The van der Waals surface area contributed by atoms with Crippen LogP contribution in [-0.2, 0) is 4.57 Å². The number of phenols is 6. The monoisotopic (exact) mass is 542 g/mol. The molecule has 0 saturated heterocycles. The molecule has 0 saturated carbocycles. The zero-order valence-electron chi connectivity index (χ0n) is 17.7. The Morgan fingerprint density at radius 1 is 0.438 bits per heavy atom. The van der Waals surface area contributed by atoms with Gasteiger partial charge in [0.1, 0.15) is 0 Å². The van der Waals surface area contributed by atoms with E-state index in [0.717, 1.165) is 0 Å². The topological polar surface area (TPSA) is 208 Å². The first-order valence-electron chi connectivity index (χ1n) is 7.55. The minimum Gasteiger partial charge on any atom is -0.822 e. The van der Waals surface area contributed by atoms with Crippen molar-refractivity contribution in [2.45, 2.75) is 0 Å². The third-order valence-electron chi connectivity index (χ3n) is 2.65. The molecule has 0 spiro atoms. The van der Waals surface area contributed by atoms with Gasteiger partial charge in [-0.1, -0.05) is 36.4 Å². The first kappa shape index (κ1) is 40.6. The molecule has 14 heteroatoms. The molecule has 3 rings (SSSR count). The van der Waals surface area contributed by atoms with E-state index in [2.05, 4.69) is 0 Å². The maximum absolute atomic E-state index is 8.67. The van der Waals surface area contributed by atoms with E-state index in [1.54, 1.807) is 36.4 Å². The van der Waals surface area contributed by atoms with Crippen molar-refractivity contribution in [3.8, 4) is 34.5 Å². The Morgan fingerprint density at radius 3 is 0.594 bits per heavy atom. The predicted octanol–water partition coefficient (Wildman–Crippen LogP) is -8.52. The second kappa shape index (κ2) is 22.9. The third kappa shape index (κ3) is 24.6. The Hall–Kier alpha value is 1.48. The Balaban J connectivity index is -0.000000161. The van der Waals surface area contributed by atoms with Gasteiger partial charge in [-0.25, -0.2) is 0 Å². The molecule has 0 aliphatic heterocycles. The van der Waals surface area contributed by atoms with E-state index in [1.165, 1.54) is 36.4 Å². The smallest absolute Gasteiger partial charge is 0.822 e. The maximum atomic E-state index is 8.67. The number of phenolic OH excluding ortho intramolecular Hbond substituents is 6. The van der Waals surface area contributed by atoms with Gasteiger partial charge in [-0.05, 0) is 36.4 Å². The summed E-state index contributed by atoms with van der Waals surface area (Å²) in [5.41, 5.74) is 0. The third-order valence-corrected chi connectivity index (χ3v) is 2.65. The molecule has 0 radical (unpaired) electrons. The number of hydrogen-bond acceptors (Lipinski definition) is 10. The van der Waals surface area contributed by atoms with E-state index >= 15 is 0 Å².